The zero-order valence-electron chi connectivity index (χ0n) is 13.0. The van der Waals surface area contributed by atoms with E-state index < -0.39 is 0 Å². The van der Waals surface area contributed by atoms with Crippen LogP contribution in [0.4, 0.5) is 0 Å². The standard InChI is InChI=1S/C17H27NO/c1-17(2,3)15-11-9-14(10-12-15)16(19)8-6-7-13-18(4)5/h9-12H,6-8,13H2,1-5H3. The number of nitrogens with zero attached hydrogens (tertiary/aromatic N) is 1. The molecule has 0 bridgehead atoms. The summed E-state index contributed by atoms with van der Waals surface area (Å²) >= 11 is 0. The molecule has 0 saturated heterocycles. The number of carbonyl (C=O) groups is 1. The maximum atomic E-state index is 12.0. The summed E-state index contributed by atoms with van der Waals surface area (Å²) in [4.78, 5) is 14.2. The molecule has 0 N–H and O–H groups in total. The minimum Gasteiger partial charge on any atom is -0.309 e. The van der Waals surface area contributed by atoms with Gasteiger partial charge in [-0.05, 0) is 44.5 Å². The lowest BCUT2D eigenvalue weighted by Crippen LogP contribution is -2.13. The Bertz CT molecular complexity index is 398. The number of hydrogen-bond donors (Lipinski definition) is 0. The highest BCUT2D eigenvalue weighted by Gasteiger charge is 2.14. The van der Waals surface area contributed by atoms with Gasteiger partial charge in [0.2, 0.25) is 0 Å². The molecule has 2 heteroatoms. The first-order valence-corrected chi connectivity index (χ1v) is 7.09. The summed E-state index contributed by atoms with van der Waals surface area (Å²) in [6.45, 7) is 7.61. The van der Waals surface area contributed by atoms with E-state index in [1.807, 2.05) is 12.1 Å². The molecule has 0 heterocycles. The molecule has 0 aliphatic heterocycles. The highest BCUT2D eigenvalue weighted by atomic mass is 16.1. The van der Waals surface area contributed by atoms with Crippen LogP contribution >= 0.6 is 0 Å². The molecule has 0 aromatic heterocycles. The Morgan fingerprint density at radius 3 is 2.11 bits per heavy atom. The topological polar surface area (TPSA) is 20.3 Å². The third-order valence-corrected chi connectivity index (χ3v) is 3.33. The van der Waals surface area contributed by atoms with Crippen LogP contribution in [0.1, 0.15) is 56.0 Å². The van der Waals surface area contributed by atoms with Crippen LogP contribution in [0.2, 0.25) is 0 Å². The number of benzene rings is 1. The van der Waals surface area contributed by atoms with Crippen molar-refractivity contribution in [3.8, 4) is 0 Å². The number of ketones is 1. The van der Waals surface area contributed by atoms with Crippen molar-refractivity contribution in [1.82, 2.24) is 4.90 Å². The molecule has 0 unspecified atom stereocenters. The highest BCUT2D eigenvalue weighted by molar-refractivity contribution is 5.96. The van der Waals surface area contributed by atoms with E-state index in [4.69, 9.17) is 0 Å². The third kappa shape index (κ3) is 5.56. The molecule has 0 saturated carbocycles. The Morgan fingerprint density at radius 2 is 1.63 bits per heavy atom. The average Bonchev–Trinajstić information content (AvgIpc) is 2.33. The molecule has 0 spiro atoms. The van der Waals surface area contributed by atoms with Gasteiger partial charge in [-0.2, -0.15) is 0 Å². The number of hydrogen-bond acceptors (Lipinski definition) is 2. The lowest BCUT2D eigenvalue weighted by atomic mass is 9.86. The number of rotatable bonds is 6. The minimum absolute atomic E-state index is 0.146. The Labute approximate surface area is 117 Å². The lowest BCUT2D eigenvalue weighted by Gasteiger charge is -2.19. The summed E-state index contributed by atoms with van der Waals surface area (Å²) in [5, 5.41) is 0. The van der Waals surface area contributed by atoms with Gasteiger partial charge in [0.15, 0.2) is 5.78 Å². The van der Waals surface area contributed by atoms with E-state index in [0.717, 1.165) is 24.9 Å². The largest absolute Gasteiger partial charge is 0.309 e. The third-order valence-electron chi connectivity index (χ3n) is 3.33. The molecule has 0 aliphatic rings. The molecule has 0 radical (unpaired) electrons. The maximum Gasteiger partial charge on any atom is 0.162 e. The fourth-order valence-corrected chi connectivity index (χ4v) is 2.01. The normalized spacial score (nSPS) is 11.9. The molecule has 0 fully saturated rings. The first-order valence-electron chi connectivity index (χ1n) is 7.09. The van der Waals surface area contributed by atoms with E-state index in [9.17, 15) is 4.79 Å². The predicted molar refractivity (Wildman–Crippen MR) is 81.9 cm³/mol. The highest BCUT2D eigenvalue weighted by Crippen LogP contribution is 2.22. The van der Waals surface area contributed by atoms with Crippen LogP contribution in [0.15, 0.2) is 24.3 Å². The SMILES string of the molecule is CN(C)CCCCC(=O)c1ccc(C(C)(C)C)cc1. The van der Waals surface area contributed by atoms with Crippen LogP contribution in [-0.4, -0.2) is 31.3 Å². The zero-order chi connectivity index (χ0) is 14.5. The maximum absolute atomic E-state index is 12.0. The minimum atomic E-state index is 0.146. The summed E-state index contributed by atoms with van der Waals surface area (Å²) in [7, 11) is 4.13. The molecule has 0 atom stereocenters. The second kappa shape index (κ2) is 6.85. The Balaban J connectivity index is 2.49. The van der Waals surface area contributed by atoms with E-state index in [1.165, 1.54) is 5.56 Å². The average molecular weight is 261 g/mol. The first kappa shape index (κ1) is 15.9. The Kier molecular flexibility index (Phi) is 5.74. The summed E-state index contributed by atoms with van der Waals surface area (Å²) < 4.78 is 0. The van der Waals surface area contributed by atoms with Gasteiger partial charge in [0.05, 0.1) is 0 Å². The molecule has 2 nitrogen and oxygen atoms in total. The van der Waals surface area contributed by atoms with Crippen molar-refractivity contribution in [2.45, 2.75) is 45.4 Å². The number of unbranched alkanes of at least 4 members (excludes halogenated alkanes) is 1. The first-order chi connectivity index (χ1) is 8.80. The van der Waals surface area contributed by atoms with Crippen molar-refractivity contribution in [3.05, 3.63) is 35.4 Å². The number of Topliss-reactive ketones (excluding diaryl/α,β-unsaturated/α-hetero) is 1. The quantitative estimate of drug-likeness (QED) is 0.572. The monoisotopic (exact) mass is 261 g/mol. The van der Waals surface area contributed by atoms with Gasteiger partial charge >= 0.3 is 0 Å². The van der Waals surface area contributed by atoms with E-state index >= 15 is 0 Å². The lowest BCUT2D eigenvalue weighted by molar-refractivity contribution is 0.0978. The molecule has 0 aliphatic carbocycles. The van der Waals surface area contributed by atoms with E-state index in [1.54, 1.807) is 0 Å². The van der Waals surface area contributed by atoms with Crippen LogP contribution in [-0.2, 0) is 5.41 Å². The summed E-state index contributed by atoms with van der Waals surface area (Å²) in [6.07, 6.45) is 2.71. The summed E-state index contributed by atoms with van der Waals surface area (Å²) in [6, 6.07) is 8.09. The smallest absolute Gasteiger partial charge is 0.162 e. The van der Waals surface area contributed by atoms with Gasteiger partial charge in [-0.1, -0.05) is 45.0 Å². The van der Waals surface area contributed by atoms with Crippen molar-refractivity contribution in [2.24, 2.45) is 0 Å². The van der Waals surface area contributed by atoms with Gasteiger partial charge in [-0.3, -0.25) is 4.79 Å². The molecule has 1 aromatic carbocycles. The molecule has 1 rings (SSSR count). The van der Waals surface area contributed by atoms with Gasteiger partial charge in [0.25, 0.3) is 0 Å². The zero-order valence-corrected chi connectivity index (χ0v) is 13.0. The van der Waals surface area contributed by atoms with Crippen molar-refractivity contribution in [1.29, 1.82) is 0 Å². The van der Waals surface area contributed by atoms with Crippen LogP contribution < -0.4 is 0 Å². The molecule has 0 amide bonds. The second-order valence-corrected chi connectivity index (χ2v) is 6.51. The van der Waals surface area contributed by atoms with Crippen molar-refractivity contribution >= 4 is 5.78 Å². The van der Waals surface area contributed by atoms with Crippen LogP contribution in [0.5, 0.6) is 0 Å². The van der Waals surface area contributed by atoms with Crippen molar-refractivity contribution < 1.29 is 4.79 Å². The molecule has 1 aromatic rings. The fourth-order valence-electron chi connectivity index (χ4n) is 2.01. The molecule has 19 heavy (non-hydrogen) atoms. The number of carbonyl (C=O) groups excluding carboxylic acids is 1. The predicted octanol–water partition coefficient (Wildman–Crippen LogP) is 3.90. The van der Waals surface area contributed by atoms with Crippen LogP contribution in [0.25, 0.3) is 0 Å². The van der Waals surface area contributed by atoms with Crippen LogP contribution in [0.3, 0.4) is 0 Å². The van der Waals surface area contributed by atoms with Crippen LogP contribution in [0, 0.1) is 0 Å². The van der Waals surface area contributed by atoms with Crippen molar-refractivity contribution in [2.75, 3.05) is 20.6 Å². The Hall–Kier alpha value is -1.15. The van der Waals surface area contributed by atoms with E-state index in [-0.39, 0.29) is 11.2 Å². The molecular formula is C17H27NO. The second-order valence-electron chi connectivity index (χ2n) is 6.51. The summed E-state index contributed by atoms with van der Waals surface area (Å²) in [5.41, 5.74) is 2.27. The van der Waals surface area contributed by atoms with E-state index in [0.29, 0.717) is 6.42 Å². The van der Waals surface area contributed by atoms with E-state index in [2.05, 4.69) is 51.9 Å². The van der Waals surface area contributed by atoms with Gasteiger partial charge in [0, 0.05) is 12.0 Å². The molecule has 106 valence electrons. The van der Waals surface area contributed by atoms with Gasteiger partial charge in [-0.25, -0.2) is 0 Å². The Morgan fingerprint density at radius 1 is 1.05 bits per heavy atom. The van der Waals surface area contributed by atoms with Gasteiger partial charge < -0.3 is 4.90 Å². The van der Waals surface area contributed by atoms with Gasteiger partial charge in [-0.15, -0.1) is 0 Å². The molecular weight excluding hydrogens is 234 g/mol. The summed E-state index contributed by atoms with van der Waals surface area (Å²) in [5.74, 6) is 0.263. The van der Waals surface area contributed by atoms with Gasteiger partial charge in [0.1, 0.15) is 0 Å². The fraction of sp³-hybridized carbons (Fsp3) is 0.588. The van der Waals surface area contributed by atoms with Crippen molar-refractivity contribution in [3.63, 3.8) is 0 Å².